The zero-order chi connectivity index (χ0) is 15.1. The fraction of sp³-hybridized carbons (Fsp3) is 0.200. The van der Waals surface area contributed by atoms with Crippen LogP contribution in [0.4, 0.5) is 5.69 Å². The average Bonchev–Trinajstić information content (AvgIpc) is 3.01. The fourth-order valence-electron chi connectivity index (χ4n) is 1.94. The van der Waals surface area contributed by atoms with E-state index < -0.39 is 0 Å². The molecule has 3 N–H and O–H groups in total. The van der Waals surface area contributed by atoms with E-state index in [2.05, 4.69) is 5.16 Å². The van der Waals surface area contributed by atoms with E-state index >= 15 is 0 Å². The van der Waals surface area contributed by atoms with Gasteiger partial charge in [-0.1, -0.05) is 29.4 Å². The molecule has 1 aromatic heterocycles. The average molecular weight is 303 g/mol. The summed E-state index contributed by atoms with van der Waals surface area (Å²) < 4.78 is 0. The molecular weight excluding hydrogens is 286 g/mol. The van der Waals surface area contributed by atoms with Crippen LogP contribution in [0.1, 0.15) is 11.3 Å². The molecule has 0 unspecified atom stereocenters. The Kier molecular flexibility index (Phi) is 5.34. The summed E-state index contributed by atoms with van der Waals surface area (Å²) in [5.41, 5.74) is 6.31. The summed E-state index contributed by atoms with van der Waals surface area (Å²) >= 11 is 1.56. The zero-order valence-electron chi connectivity index (χ0n) is 11.5. The minimum Gasteiger partial charge on any atom is -0.409 e. The molecule has 6 heteroatoms. The molecule has 0 bridgehead atoms. The number of carbonyl (C=O) groups is 1. The molecule has 0 saturated carbocycles. The molecule has 0 saturated heterocycles. The molecule has 21 heavy (non-hydrogen) atoms. The van der Waals surface area contributed by atoms with Gasteiger partial charge < -0.3 is 15.8 Å². The Bertz CT molecular complexity index is 597. The van der Waals surface area contributed by atoms with E-state index in [1.54, 1.807) is 16.2 Å². The first-order valence-electron chi connectivity index (χ1n) is 6.55. The first-order chi connectivity index (χ1) is 10.2. The van der Waals surface area contributed by atoms with Crippen molar-refractivity contribution in [2.24, 2.45) is 10.9 Å². The van der Waals surface area contributed by atoms with Crippen LogP contribution in [-0.4, -0.2) is 23.5 Å². The monoisotopic (exact) mass is 303 g/mol. The van der Waals surface area contributed by atoms with Gasteiger partial charge >= 0.3 is 0 Å². The van der Waals surface area contributed by atoms with Gasteiger partial charge in [-0.25, -0.2) is 0 Å². The summed E-state index contributed by atoms with van der Waals surface area (Å²) in [5.74, 6) is 0.106. The molecule has 0 spiro atoms. The Morgan fingerprint density at radius 1 is 1.24 bits per heavy atom. The maximum absolute atomic E-state index is 12.5. The summed E-state index contributed by atoms with van der Waals surface area (Å²) in [4.78, 5) is 15.2. The second kappa shape index (κ2) is 7.44. The topological polar surface area (TPSA) is 78.9 Å². The van der Waals surface area contributed by atoms with E-state index in [1.165, 1.54) is 0 Å². The van der Waals surface area contributed by atoms with Crippen LogP contribution in [0.2, 0.25) is 0 Å². The molecule has 1 heterocycles. The molecule has 2 aromatic rings. The van der Waals surface area contributed by atoms with E-state index in [-0.39, 0.29) is 11.7 Å². The van der Waals surface area contributed by atoms with Crippen LogP contribution in [0.25, 0.3) is 0 Å². The van der Waals surface area contributed by atoms with Crippen LogP contribution in [0, 0.1) is 0 Å². The number of hydrogen-bond acceptors (Lipinski definition) is 4. The van der Waals surface area contributed by atoms with Crippen molar-refractivity contribution in [3.8, 4) is 0 Å². The van der Waals surface area contributed by atoms with Gasteiger partial charge in [0.25, 0.3) is 0 Å². The quantitative estimate of drug-likeness (QED) is 0.372. The van der Waals surface area contributed by atoms with Crippen LogP contribution in [0.15, 0.2) is 53.0 Å². The number of hydrogen-bond donors (Lipinski definition) is 2. The van der Waals surface area contributed by atoms with E-state index in [0.717, 1.165) is 10.6 Å². The lowest BCUT2D eigenvalue weighted by atomic mass is 10.2. The predicted molar refractivity (Wildman–Crippen MR) is 84.8 cm³/mol. The van der Waals surface area contributed by atoms with Crippen molar-refractivity contribution < 1.29 is 10.0 Å². The number of amides is 1. The largest absolute Gasteiger partial charge is 0.409 e. The minimum atomic E-state index is -0.00519. The van der Waals surface area contributed by atoms with Crippen molar-refractivity contribution in [3.05, 3.63) is 52.7 Å². The highest BCUT2D eigenvalue weighted by Crippen LogP contribution is 2.17. The van der Waals surface area contributed by atoms with E-state index in [1.807, 2.05) is 47.8 Å². The maximum Gasteiger partial charge on any atom is 0.232 e. The van der Waals surface area contributed by atoms with Gasteiger partial charge in [0.15, 0.2) is 0 Å². The third kappa shape index (κ3) is 4.32. The van der Waals surface area contributed by atoms with Gasteiger partial charge in [-0.15, -0.1) is 11.3 Å². The smallest absolute Gasteiger partial charge is 0.232 e. The van der Waals surface area contributed by atoms with Crippen LogP contribution in [0.5, 0.6) is 0 Å². The van der Waals surface area contributed by atoms with Crippen molar-refractivity contribution in [2.75, 3.05) is 11.4 Å². The highest BCUT2D eigenvalue weighted by molar-refractivity contribution is 7.10. The molecule has 0 aliphatic carbocycles. The van der Waals surface area contributed by atoms with Crippen molar-refractivity contribution in [1.29, 1.82) is 0 Å². The molecule has 0 atom stereocenters. The summed E-state index contributed by atoms with van der Waals surface area (Å²) in [7, 11) is 0. The first-order valence-corrected chi connectivity index (χ1v) is 7.43. The summed E-state index contributed by atoms with van der Waals surface area (Å²) in [6.45, 7) is 0.379. The molecule has 1 aromatic carbocycles. The number of carbonyl (C=O) groups excluding carboxylic acids is 1. The summed E-state index contributed by atoms with van der Waals surface area (Å²) in [5, 5.41) is 13.5. The molecular formula is C15H17N3O2S. The van der Waals surface area contributed by atoms with Gasteiger partial charge in [0.05, 0.1) is 6.42 Å². The Morgan fingerprint density at radius 2 is 2.00 bits per heavy atom. The standard InChI is InChI=1S/C15H17N3O2S/c16-14(17-20)8-9-18(12-5-2-1-3-6-12)15(19)11-13-7-4-10-21-13/h1-7,10,20H,8-9,11H2,(H2,16,17). The number of rotatable bonds is 6. The molecule has 5 nitrogen and oxygen atoms in total. The lowest BCUT2D eigenvalue weighted by molar-refractivity contribution is -0.117. The Labute approximate surface area is 127 Å². The number of oxime groups is 1. The highest BCUT2D eigenvalue weighted by atomic mass is 32.1. The number of anilines is 1. The normalized spacial score (nSPS) is 11.3. The van der Waals surface area contributed by atoms with E-state index in [9.17, 15) is 4.79 Å². The molecule has 0 aliphatic heterocycles. The van der Waals surface area contributed by atoms with Crippen molar-refractivity contribution >= 4 is 28.8 Å². The summed E-state index contributed by atoms with van der Waals surface area (Å²) in [6.07, 6.45) is 0.671. The molecule has 0 aliphatic rings. The van der Waals surface area contributed by atoms with Crippen molar-refractivity contribution in [2.45, 2.75) is 12.8 Å². The van der Waals surface area contributed by atoms with Gasteiger partial charge in [-0.2, -0.15) is 0 Å². The van der Waals surface area contributed by atoms with Crippen molar-refractivity contribution in [1.82, 2.24) is 0 Å². The molecule has 0 fully saturated rings. The molecule has 110 valence electrons. The van der Waals surface area contributed by atoms with Crippen LogP contribution < -0.4 is 10.6 Å². The maximum atomic E-state index is 12.5. The highest BCUT2D eigenvalue weighted by Gasteiger charge is 2.16. The number of nitrogens with two attached hydrogens (primary N) is 1. The summed E-state index contributed by atoms with van der Waals surface area (Å²) in [6, 6.07) is 13.3. The number of thiophene rings is 1. The molecule has 0 radical (unpaired) electrons. The third-order valence-corrected chi connectivity index (χ3v) is 3.87. The van der Waals surface area contributed by atoms with Gasteiger partial charge in [0, 0.05) is 23.5 Å². The number of amidine groups is 1. The second-order valence-electron chi connectivity index (χ2n) is 4.48. The van der Waals surface area contributed by atoms with E-state index in [4.69, 9.17) is 10.9 Å². The van der Waals surface area contributed by atoms with Crippen LogP contribution >= 0.6 is 11.3 Å². The minimum absolute atomic E-state index is 0.00519. The van der Waals surface area contributed by atoms with Gasteiger partial charge in [0.2, 0.25) is 5.91 Å². The fourth-order valence-corrected chi connectivity index (χ4v) is 2.64. The second-order valence-corrected chi connectivity index (χ2v) is 5.51. The van der Waals surface area contributed by atoms with Crippen LogP contribution in [-0.2, 0) is 11.2 Å². The Hall–Kier alpha value is -2.34. The zero-order valence-corrected chi connectivity index (χ0v) is 12.3. The molecule has 1 amide bonds. The van der Waals surface area contributed by atoms with Gasteiger partial charge in [0.1, 0.15) is 5.84 Å². The molecule has 2 rings (SSSR count). The first kappa shape index (κ1) is 15.1. The van der Waals surface area contributed by atoms with Crippen molar-refractivity contribution in [3.63, 3.8) is 0 Å². The third-order valence-electron chi connectivity index (χ3n) is 2.99. The lowest BCUT2D eigenvalue weighted by Crippen LogP contribution is -2.35. The Balaban J connectivity index is 2.13. The van der Waals surface area contributed by atoms with Crippen LogP contribution in [0.3, 0.4) is 0 Å². The Morgan fingerprint density at radius 3 is 2.62 bits per heavy atom. The van der Waals surface area contributed by atoms with Gasteiger partial charge in [-0.05, 0) is 23.6 Å². The SMILES string of the molecule is N/C(CCN(C(=O)Cc1cccs1)c1ccccc1)=N/O. The lowest BCUT2D eigenvalue weighted by Gasteiger charge is -2.22. The van der Waals surface area contributed by atoms with E-state index in [0.29, 0.717) is 19.4 Å². The van der Waals surface area contributed by atoms with Gasteiger partial charge in [-0.3, -0.25) is 4.79 Å². The predicted octanol–water partition coefficient (Wildman–Crippen LogP) is 2.46. The number of para-hydroxylation sites is 1. The number of nitrogens with zero attached hydrogens (tertiary/aromatic N) is 2. The number of benzene rings is 1.